The highest BCUT2D eigenvalue weighted by molar-refractivity contribution is 5.91. The van der Waals surface area contributed by atoms with E-state index < -0.39 is 0 Å². The second-order valence-corrected chi connectivity index (χ2v) is 5.88. The zero-order valence-corrected chi connectivity index (χ0v) is 13.0. The van der Waals surface area contributed by atoms with Gasteiger partial charge in [-0.25, -0.2) is 0 Å². The molecule has 0 unspecified atom stereocenters. The summed E-state index contributed by atoms with van der Waals surface area (Å²) in [5, 5.41) is 0. The Hall–Kier alpha value is -2.94. The first-order valence-electron chi connectivity index (χ1n) is 7.62. The Bertz CT molecular complexity index is 898. The number of anilines is 2. The van der Waals surface area contributed by atoms with Gasteiger partial charge >= 0.3 is 0 Å². The van der Waals surface area contributed by atoms with Gasteiger partial charge in [-0.1, -0.05) is 24.3 Å². The molecule has 0 bridgehead atoms. The molecule has 3 aromatic rings. The molecule has 0 aliphatic heterocycles. The van der Waals surface area contributed by atoms with Crippen LogP contribution in [0.15, 0.2) is 54.6 Å². The van der Waals surface area contributed by atoms with Gasteiger partial charge in [0.2, 0.25) is 0 Å². The predicted octanol–water partition coefficient (Wildman–Crippen LogP) is 4.10. The summed E-state index contributed by atoms with van der Waals surface area (Å²) in [6.45, 7) is 0. The van der Waals surface area contributed by atoms with E-state index in [1.807, 2.05) is 24.3 Å². The minimum atomic E-state index is 0.801. The second kappa shape index (κ2) is 5.06. The fraction of sp³-hybridized carbons (Fsp3) is 0.100. The average molecular weight is 302 g/mol. The Morgan fingerprint density at radius 3 is 2.35 bits per heavy atom. The number of benzene rings is 3. The maximum Gasteiger partial charge on any atom is 0.118 e. The molecule has 23 heavy (non-hydrogen) atoms. The van der Waals surface area contributed by atoms with Crippen molar-refractivity contribution in [1.82, 2.24) is 0 Å². The van der Waals surface area contributed by atoms with Crippen LogP contribution in [0.5, 0.6) is 5.75 Å². The quantitative estimate of drug-likeness (QED) is 0.548. The third-order valence-corrected chi connectivity index (χ3v) is 4.51. The summed E-state index contributed by atoms with van der Waals surface area (Å²) in [5.74, 6) is 0.843. The Morgan fingerprint density at radius 2 is 1.61 bits per heavy atom. The van der Waals surface area contributed by atoms with Crippen molar-refractivity contribution in [3.05, 3.63) is 65.7 Å². The zero-order valence-electron chi connectivity index (χ0n) is 13.0. The molecular weight excluding hydrogens is 284 g/mol. The van der Waals surface area contributed by atoms with Gasteiger partial charge in [0.05, 0.1) is 7.11 Å². The Labute approximate surface area is 135 Å². The molecule has 0 spiro atoms. The average Bonchev–Trinajstić information content (AvgIpc) is 2.92. The summed E-state index contributed by atoms with van der Waals surface area (Å²) >= 11 is 0. The van der Waals surface area contributed by atoms with Gasteiger partial charge in [0.1, 0.15) is 5.75 Å². The predicted molar refractivity (Wildman–Crippen MR) is 95.5 cm³/mol. The molecule has 0 heterocycles. The summed E-state index contributed by atoms with van der Waals surface area (Å²) in [5.41, 5.74) is 21.1. The van der Waals surface area contributed by atoms with Crippen molar-refractivity contribution in [1.29, 1.82) is 0 Å². The number of methoxy groups -OCH3 is 1. The first kappa shape index (κ1) is 13.7. The van der Waals surface area contributed by atoms with E-state index in [0.717, 1.165) is 34.7 Å². The maximum atomic E-state index is 6.31. The normalized spacial score (nSPS) is 11.9. The van der Waals surface area contributed by atoms with E-state index in [-0.39, 0.29) is 0 Å². The molecule has 0 amide bonds. The van der Waals surface area contributed by atoms with E-state index in [2.05, 4.69) is 30.3 Å². The van der Waals surface area contributed by atoms with Gasteiger partial charge in [-0.3, -0.25) is 0 Å². The van der Waals surface area contributed by atoms with Crippen molar-refractivity contribution in [2.24, 2.45) is 0 Å². The van der Waals surface area contributed by atoms with E-state index in [0.29, 0.717) is 0 Å². The van der Waals surface area contributed by atoms with Crippen LogP contribution >= 0.6 is 0 Å². The molecule has 0 saturated carbocycles. The SMILES string of the molecule is COc1ccc(-c2c(N)ccc3c2Cc2cc(N)ccc2-3)cc1. The van der Waals surface area contributed by atoms with Crippen LogP contribution < -0.4 is 16.2 Å². The topological polar surface area (TPSA) is 61.3 Å². The molecule has 0 atom stereocenters. The number of nitrogens with two attached hydrogens (primary N) is 2. The molecule has 0 radical (unpaired) electrons. The molecule has 1 aliphatic carbocycles. The number of hydrogen-bond acceptors (Lipinski definition) is 3. The van der Waals surface area contributed by atoms with Crippen molar-refractivity contribution in [2.45, 2.75) is 6.42 Å². The van der Waals surface area contributed by atoms with E-state index in [1.165, 1.54) is 22.3 Å². The maximum absolute atomic E-state index is 6.31. The molecule has 0 aromatic heterocycles. The Morgan fingerprint density at radius 1 is 0.870 bits per heavy atom. The monoisotopic (exact) mass is 302 g/mol. The minimum Gasteiger partial charge on any atom is -0.497 e. The van der Waals surface area contributed by atoms with Gasteiger partial charge in [0.15, 0.2) is 0 Å². The third kappa shape index (κ3) is 2.13. The first-order chi connectivity index (χ1) is 11.2. The lowest BCUT2D eigenvalue weighted by Crippen LogP contribution is -1.96. The molecule has 3 nitrogen and oxygen atoms in total. The molecule has 1 aliphatic rings. The molecule has 0 fully saturated rings. The van der Waals surface area contributed by atoms with E-state index >= 15 is 0 Å². The summed E-state index contributed by atoms with van der Waals surface area (Å²) in [6, 6.07) is 18.3. The fourth-order valence-corrected chi connectivity index (χ4v) is 3.41. The summed E-state index contributed by atoms with van der Waals surface area (Å²) in [4.78, 5) is 0. The van der Waals surface area contributed by atoms with Crippen LogP contribution in [0, 0.1) is 0 Å². The number of fused-ring (bicyclic) bond motifs is 3. The van der Waals surface area contributed by atoms with Crippen LogP contribution in [0.25, 0.3) is 22.3 Å². The van der Waals surface area contributed by atoms with Crippen LogP contribution in [0.3, 0.4) is 0 Å². The van der Waals surface area contributed by atoms with Crippen molar-refractivity contribution in [2.75, 3.05) is 18.6 Å². The number of ether oxygens (including phenoxy) is 1. The minimum absolute atomic E-state index is 0.801. The van der Waals surface area contributed by atoms with Crippen LogP contribution in [0.4, 0.5) is 11.4 Å². The molecule has 3 heteroatoms. The van der Waals surface area contributed by atoms with Crippen LogP contribution in [-0.4, -0.2) is 7.11 Å². The molecule has 0 saturated heterocycles. The van der Waals surface area contributed by atoms with Crippen LogP contribution in [0.1, 0.15) is 11.1 Å². The number of rotatable bonds is 2. The van der Waals surface area contributed by atoms with Crippen LogP contribution in [-0.2, 0) is 6.42 Å². The lowest BCUT2D eigenvalue weighted by Gasteiger charge is -2.13. The van der Waals surface area contributed by atoms with Gasteiger partial charge in [0, 0.05) is 16.9 Å². The number of hydrogen-bond donors (Lipinski definition) is 2. The molecular formula is C20H18N2O. The molecule has 114 valence electrons. The highest BCUT2D eigenvalue weighted by Gasteiger charge is 2.23. The van der Waals surface area contributed by atoms with Gasteiger partial charge in [-0.2, -0.15) is 0 Å². The lowest BCUT2D eigenvalue weighted by molar-refractivity contribution is 0.415. The number of nitrogen functional groups attached to an aromatic ring is 2. The third-order valence-electron chi connectivity index (χ3n) is 4.51. The van der Waals surface area contributed by atoms with E-state index in [4.69, 9.17) is 16.2 Å². The van der Waals surface area contributed by atoms with E-state index in [9.17, 15) is 0 Å². The fourth-order valence-electron chi connectivity index (χ4n) is 3.41. The summed E-state index contributed by atoms with van der Waals surface area (Å²) < 4.78 is 5.25. The van der Waals surface area contributed by atoms with Gasteiger partial charge < -0.3 is 16.2 Å². The van der Waals surface area contributed by atoms with Gasteiger partial charge in [-0.05, 0) is 64.6 Å². The van der Waals surface area contributed by atoms with E-state index in [1.54, 1.807) is 7.11 Å². The Kier molecular flexibility index (Phi) is 3.01. The zero-order chi connectivity index (χ0) is 16.0. The standard InChI is InChI=1S/C20H18N2O/c1-23-15-5-2-12(3-6-15)20-18-11-13-10-14(21)4-7-16(13)17(18)8-9-19(20)22/h2-10H,11,21-22H2,1H3. The van der Waals surface area contributed by atoms with Crippen molar-refractivity contribution >= 4 is 11.4 Å². The lowest BCUT2D eigenvalue weighted by atomic mass is 9.94. The highest BCUT2D eigenvalue weighted by atomic mass is 16.5. The second-order valence-electron chi connectivity index (χ2n) is 5.88. The van der Waals surface area contributed by atoms with Crippen molar-refractivity contribution in [3.8, 4) is 28.0 Å². The first-order valence-corrected chi connectivity index (χ1v) is 7.62. The van der Waals surface area contributed by atoms with Crippen molar-refractivity contribution < 1.29 is 4.74 Å². The smallest absolute Gasteiger partial charge is 0.118 e. The summed E-state index contributed by atoms with van der Waals surface area (Å²) in [6.07, 6.45) is 0.863. The van der Waals surface area contributed by atoms with Gasteiger partial charge in [-0.15, -0.1) is 0 Å². The summed E-state index contributed by atoms with van der Waals surface area (Å²) in [7, 11) is 1.67. The van der Waals surface area contributed by atoms with Gasteiger partial charge in [0.25, 0.3) is 0 Å². The highest BCUT2D eigenvalue weighted by Crippen LogP contribution is 2.44. The Balaban J connectivity index is 1.90. The molecule has 4 N–H and O–H groups in total. The molecule has 3 aromatic carbocycles. The largest absolute Gasteiger partial charge is 0.497 e. The van der Waals surface area contributed by atoms with Crippen LogP contribution in [0.2, 0.25) is 0 Å². The molecule has 4 rings (SSSR count). The van der Waals surface area contributed by atoms with Crippen molar-refractivity contribution in [3.63, 3.8) is 0 Å².